The molecule has 1 fully saturated rings. The summed E-state index contributed by atoms with van der Waals surface area (Å²) in [6, 6.07) is 6.56. The van der Waals surface area contributed by atoms with E-state index in [0.29, 0.717) is 0 Å². The van der Waals surface area contributed by atoms with E-state index in [0.717, 1.165) is 25.0 Å². The van der Waals surface area contributed by atoms with Gasteiger partial charge in [-0.2, -0.15) is 0 Å². The van der Waals surface area contributed by atoms with E-state index in [1.54, 1.807) is 6.07 Å². The number of hydrogen-bond donors (Lipinski definition) is 0. The molecule has 0 bridgehead atoms. The van der Waals surface area contributed by atoms with Gasteiger partial charge in [-0.1, -0.05) is 24.3 Å². The summed E-state index contributed by atoms with van der Waals surface area (Å²) in [7, 11) is 0. The predicted molar refractivity (Wildman–Crippen MR) is 54.4 cm³/mol. The average molecular weight is 192 g/mol. The van der Waals surface area contributed by atoms with Crippen molar-refractivity contribution in [3.8, 4) is 0 Å². The van der Waals surface area contributed by atoms with Gasteiger partial charge in [-0.05, 0) is 30.5 Å². The van der Waals surface area contributed by atoms with Gasteiger partial charge in [-0.3, -0.25) is 0 Å². The molecule has 0 aliphatic carbocycles. The van der Waals surface area contributed by atoms with E-state index in [1.165, 1.54) is 12.1 Å². The van der Waals surface area contributed by atoms with Crippen molar-refractivity contribution in [2.45, 2.75) is 18.9 Å². The van der Waals surface area contributed by atoms with Gasteiger partial charge < -0.3 is 4.74 Å². The van der Waals surface area contributed by atoms with Crippen LogP contribution in [0.15, 0.2) is 30.3 Å². The minimum atomic E-state index is -0.195. The van der Waals surface area contributed by atoms with Crippen LogP contribution in [-0.4, -0.2) is 12.7 Å². The fourth-order valence-corrected chi connectivity index (χ4v) is 1.58. The van der Waals surface area contributed by atoms with Gasteiger partial charge in [-0.15, -0.1) is 0 Å². The zero-order valence-electron chi connectivity index (χ0n) is 7.95. The highest BCUT2D eigenvalue weighted by molar-refractivity contribution is 5.49. The summed E-state index contributed by atoms with van der Waals surface area (Å²) in [5.41, 5.74) is 0.889. The molecule has 1 aromatic rings. The van der Waals surface area contributed by atoms with Crippen molar-refractivity contribution < 1.29 is 9.13 Å². The molecule has 1 atom stereocenters. The van der Waals surface area contributed by atoms with Gasteiger partial charge in [0.05, 0.1) is 6.10 Å². The van der Waals surface area contributed by atoms with E-state index < -0.39 is 0 Å². The summed E-state index contributed by atoms with van der Waals surface area (Å²) in [4.78, 5) is 0. The maximum absolute atomic E-state index is 12.8. The Morgan fingerprint density at radius 3 is 3.07 bits per heavy atom. The molecule has 0 radical (unpaired) electrons. The van der Waals surface area contributed by atoms with Crippen LogP contribution >= 0.6 is 0 Å². The molecule has 0 amide bonds. The Hall–Kier alpha value is -1.15. The highest BCUT2D eigenvalue weighted by atomic mass is 19.1. The second-order valence-corrected chi connectivity index (χ2v) is 3.47. The lowest BCUT2D eigenvalue weighted by molar-refractivity contribution is 0.146. The van der Waals surface area contributed by atoms with Crippen LogP contribution < -0.4 is 0 Å². The summed E-state index contributed by atoms with van der Waals surface area (Å²) < 4.78 is 18.2. The number of benzene rings is 1. The Morgan fingerprint density at radius 2 is 2.36 bits per heavy atom. The highest BCUT2D eigenvalue weighted by Crippen LogP contribution is 2.15. The SMILES string of the molecule is Fc1cccc(C=CC2CCCO2)c1. The molecule has 1 aliphatic heterocycles. The van der Waals surface area contributed by atoms with E-state index in [2.05, 4.69) is 0 Å². The Balaban J connectivity index is 2.02. The third-order valence-electron chi connectivity index (χ3n) is 2.32. The van der Waals surface area contributed by atoms with Gasteiger partial charge in [0, 0.05) is 6.61 Å². The molecule has 1 saturated heterocycles. The van der Waals surface area contributed by atoms with Crippen LogP contribution in [-0.2, 0) is 4.74 Å². The molecule has 14 heavy (non-hydrogen) atoms. The fourth-order valence-electron chi connectivity index (χ4n) is 1.58. The Kier molecular flexibility index (Phi) is 2.94. The van der Waals surface area contributed by atoms with Crippen LogP contribution in [0.2, 0.25) is 0 Å². The van der Waals surface area contributed by atoms with Gasteiger partial charge in [0.25, 0.3) is 0 Å². The van der Waals surface area contributed by atoms with Gasteiger partial charge in [0.1, 0.15) is 5.82 Å². The third kappa shape index (κ3) is 2.42. The third-order valence-corrected chi connectivity index (χ3v) is 2.32. The standard InChI is InChI=1S/C12H13FO/c13-11-4-1-3-10(9-11)6-7-12-5-2-8-14-12/h1,3-4,6-7,9,12H,2,5,8H2. The second kappa shape index (κ2) is 4.38. The molecule has 0 saturated carbocycles. The lowest BCUT2D eigenvalue weighted by atomic mass is 10.1. The van der Waals surface area contributed by atoms with Gasteiger partial charge in [0.15, 0.2) is 0 Å². The first-order chi connectivity index (χ1) is 6.84. The molecule has 2 rings (SSSR count). The highest BCUT2D eigenvalue weighted by Gasteiger charge is 2.11. The van der Waals surface area contributed by atoms with Gasteiger partial charge in [0.2, 0.25) is 0 Å². The first-order valence-corrected chi connectivity index (χ1v) is 4.90. The summed E-state index contributed by atoms with van der Waals surface area (Å²) in [6.07, 6.45) is 6.34. The fraction of sp³-hybridized carbons (Fsp3) is 0.333. The Bertz CT molecular complexity index is 327. The molecule has 1 nitrogen and oxygen atoms in total. The molecule has 0 spiro atoms. The molecule has 2 heteroatoms. The van der Waals surface area contributed by atoms with Crippen molar-refractivity contribution in [1.29, 1.82) is 0 Å². The number of rotatable bonds is 2. The molecular weight excluding hydrogens is 179 g/mol. The molecule has 1 heterocycles. The minimum Gasteiger partial charge on any atom is -0.374 e. The summed E-state index contributed by atoms with van der Waals surface area (Å²) in [5.74, 6) is -0.195. The Labute approximate surface area is 83.2 Å². The van der Waals surface area contributed by atoms with Gasteiger partial charge in [-0.25, -0.2) is 4.39 Å². The molecule has 1 aliphatic rings. The molecule has 0 aromatic heterocycles. The zero-order chi connectivity index (χ0) is 9.80. The lowest BCUT2D eigenvalue weighted by Crippen LogP contribution is -1.98. The van der Waals surface area contributed by atoms with E-state index in [9.17, 15) is 4.39 Å². The van der Waals surface area contributed by atoms with Crippen LogP contribution in [0.4, 0.5) is 4.39 Å². The largest absolute Gasteiger partial charge is 0.374 e. The van der Waals surface area contributed by atoms with Crippen LogP contribution in [0, 0.1) is 5.82 Å². The zero-order valence-corrected chi connectivity index (χ0v) is 7.95. The molecule has 74 valence electrons. The quantitative estimate of drug-likeness (QED) is 0.699. The molecule has 0 N–H and O–H groups in total. The maximum atomic E-state index is 12.8. The van der Waals surface area contributed by atoms with Crippen LogP contribution in [0.1, 0.15) is 18.4 Å². The number of halogens is 1. The van der Waals surface area contributed by atoms with Crippen molar-refractivity contribution >= 4 is 6.08 Å². The smallest absolute Gasteiger partial charge is 0.123 e. The predicted octanol–water partition coefficient (Wildman–Crippen LogP) is 3.02. The lowest BCUT2D eigenvalue weighted by Gasteiger charge is -2.01. The number of ether oxygens (including phenoxy) is 1. The van der Waals surface area contributed by atoms with Crippen molar-refractivity contribution in [2.24, 2.45) is 0 Å². The van der Waals surface area contributed by atoms with E-state index >= 15 is 0 Å². The molecular formula is C12H13FO. The first-order valence-electron chi connectivity index (χ1n) is 4.90. The van der Waals surface area contributed by atoms with Crippen molar-refractivity contribution in [1.82, 2.24) is 0 Å². The van der Waals surface area contributed by atoms with Crippen LogP contribution in [0.5, 0.6) is 0 Å². The molecule has 1 aromatic carbocycles. The monoisotopic (exact) mass is 192 g/mol. The van der Waals surface area contributed by atoms with Crippen LogP contribution in [0.25, 0.3) is 6.08 Å². The van der Waals surface area contributed by atoms with Crippen LogP contribution in [0.3, 0.4) is 0 Å². The average Bonchev–Trinajstić information content (AvgIpc) is 2.67. The topological polar surface area (TPSA) is 9.23 Å². The minimum absolute atomic E-state index is 0.195. The molecule has 1 unspecified atom stereocenters. The van der Waals surface area contributed by atoms with Gasteiger partial charge >= 0.3 is 0 Å². The second-order valence-electron chi connectivity index (χ2n) is 3.47. The summed E-state index contributed by atoms with van der Waals surface area (Å²) in [6.45, 7) is 0.845. The summed E-state index contributed by atoms with van der Waals surface area (Å²) in [5, 5.41) is 0. The number of hydrogen-bond acceptors (Lipinski definition) is 1. The Morgan fingerprint density at radius 1 is 1.43 bits per heavy atom. The van der Waals surface area contributed by atoms with E-state index in [4.69, 9.17) is 4.74 Å². The first kappa shape index (κ1) is 9.41. The normalized spacial score (nSPS) is 21.9. The van der Waals surface area contributed by atoms with E-state index in [1.807, 2.05) is 18.2 Å². The van der Waals surface area contributed by atoms with Crippen molar-refractivity contribution in [3.05, 3.63) is 41.7 Å². The maximum Gasteiger partial charge on any atom is 0.123 e. The summed E-state index contributed by atoms with van der Waals surface area (Å²) >= 11 is 0. The van der Waals surface area contributed by atoms with E-state index in [-0.39, 0.29) is 11.9 Å². The van der Waals surface area contributed by atoms with Crippen molar-refractivity contribution in [3.63, 3.8) is 0 Å². The van der Waals surface area contributed by atoms with Crippen molar-refractivity contribution in [2.75, 3.05) is 6.61 Å².